The van der Waals surface area contributed by atoms with Crippen LogP contribution in [0, 0.1) is 6.92 Å². The smallest absolute Gasteiger partial charge is 0.134 e. The standard InChI is InChI=1S/C21H18Cl2OS/c1-15-7-13-19(14-8-15)25(24)21(23)20(22)18-11-9-17(10-12-18)16-5-3-2-4-6-16/h2-14,20-21H,1H3/t20-,21+,25?/m1/s1. The van der Waals surface area contributed by atoms with E-state index in [1.165, 1.54) is 0 Å². The van der Waals surface area contributed by atoms with Crippen molar-refractivity contribution in [1.82, 2.24) is 0 Å². The molecule has 3 atom stereocenters. The zero-order valence-corrected chi connectivity index (χ0v) is 16.1. The molecule has 3 aromatic carbocycles. The van der Waals surface area contributed by atoms with Crippen LogP contribution in [0.4, 0.5) is 0 Å². The van der Waals surface area contributed by atoms with Gasteiger partial charge in [0.2, 0.25) is 0 Å². The molecule has 1 unspecified atom stereocenters. The SMILES string of the molecule is Cc1ccc(S(=O)[C@H](Cl)[C@H](Cl)c2ccc(-c3ccccc3)cc2)cc1. The summed E-state index contributed by atoms with van der Waals surface area (Å²) in [5, 5.41) is -0.534. The second-order valence-corrected chi connectivity index (χ2v) is 8.62. The van der Waals surface area contributed by atoms with Gasteiger partial charge in [-0.3, -0.25) is 4.21 Å². The molecule has 3 rings (SSSR count). The fourth-order valence-corrected chi connectivity index (χ4v) is 4.47. The molecule has 25 heavy (non-hydrogen) atoms. The number of benzene rings is 3. The fourth-order valence-electron chi connectivity index (χ4n) is 2.55. The second kappa shape index (κ2) is 8.18. The van der Waals surface area contributed by atoms with Gasteiger partial charge >= 0.3 is 0 Å². The summed E-state index contributed by atoms with van der Waals surface area (Å²) in [6, 6.07) is 25.6. The second-order valence-electron chi connectivity index (χ2n) is 5.85. The van der Waals surface area contributed by atoms with Crippen molar-refractivity contribution in [1.29, 1.82) is 0 Å². The fraction of sp³-hybridized carbons (Fsp3) is 0.143. The Morgan fingerprint density at radius 2 is 1.32 bits per heavy atom. The van der Waals surface area contributed by atoms with E-state index in [1.807, 2.05) is 73.7 Å². The summed E-state index contributed by atoms with van der Waals surface area (Å²) in [4.78, 5) is 0.692. The number of hydrogen-bond acceptors (Lipinski definition) is 1. The van der Waals surface area contributed by atoms with E-state index in [0.717, 1.165) is 22.3 Å². The van der Waals surface area contributed by atoms with Gasteiger partial charge in [0.25, 0.3) is 0 Å². The Hall–Kier alpha value is -1.61. The first-order valence-corrected chi connectivity index (χ1v) is 10.1. The van der Waals surface area contributed by atoms with E-state index >= 15 is 0 Å². The zero-order chi connectivity index (χ0) is 17.8. The molecule has 0 fully saturated rings. The number of rotatable bonds is 5. The summed E-state index contributed by atoms with van der Waals surface area (Å²) in [5.74, 6) is 0. The van der Waals surface area contributed by atoms with Crippen molar-refractivity contribution in [3.63, 3.8) is 0 Å². The quantitative estimate of drug-likeness (QED) is 0.467. The predicted molar refractivity (Wildman–Crippen MR) is 108 cm³/mol. The third kappa shape index (κ3) is 4.33. The molecule has 0 amide bonds. The van der Waals surface area contributed by atoms with Crippen molar-refractivity contribution in [2.24, 2.45) is 0 Å². The summed E-state index contributed by atoms with van der Waals surface area (Å²) in [6.07, 6.45) is 0. The minimum absolute atomic E-state index is 0.534. The molecule has 0 aromatic heterocycles. The molecule has 0 radical (unpaired) electrons. The Balaban J connectivity index is 1.76. The molecule has 0 saturated heterocycles. The van der Waals surface area contributed by atoms with Gasteiger partial charge in [0.05, 0.1) is 16.2 Å². The van der Waals surface area contributed by atoms with Crippen LogP contribution in [0.5, 0.6) is 0 Å². The van der Waals surface area contributed by atoms with E-state index < -0.39 is 20.9 Å². The minimum atomic E-state index is -1.37. The summed E-state index contributed by atoms with van der Waals surface area (Å²) in [5.41, 5.74) is 4.23. The number of hydrogen-bond donors (Lipinski definition) is 0. The Bertz CT molecular complexity index is 845. The summed E-state index contributed by atoms with van der Waals surface area (Å²) >= 11 is 12.9. The average Bonchev–Trinajstić information content (AvgIpc) is 2.67. The number of alkyl halides is 2. The Morgan fingerprint density at radius 1 is 0.760 bits per heavy atom. The lowest BCUT2D eigenvalue weighted by molar-refractivity contribution is 0.679. The van der Waals surface area contributed by atoms with E-state index in [4.69, 9.17) is 23.2 Å². The van der Waals surface area contributed by atoms with Crippen LogP contribution in [0.15, 0.2) is 83.8 Å². The van der Waals surface area contributed by atoms with Crippen LogP contribution in [-0.2, 0) is 10.8 Å². The highest BCUT2D eigenvalue weighted by Crippen LogP contribution is 2.33. The Labute approximate surface area is 161 Å². The molecule has 3 aromatic rings. The maximum Gasteiger partial charge on any atom is 0.134 e. The molecular weight excluding hydrogens is 371 g/mol. The van der Waals surface area contributed by atoms with Crippen molar-refractivity contribution in [3.8, 4) is 11.1 Å². The van der Waals surface area contributed by atoms with Gasteiger partial charge in [0.15, 0.2) is 0 Å². The molecule has 0 saturated carbocycles. The highest BCUT2D eigenvalue weighted by molar-refractivity contribution is 7.87. The minimum Gasteiger partial charge on any atom is -0.253 e. The zero-order valence-electron chi connectivity index (χ0n) is 13.7. The third-order valence-corrected chi connectivity index (χ3v) is 6.96. The predicted octanol–water partition coefficient (Wildman–Crippen LogP) is 6.31. The van der Waals surface area contributed by atoms with E-state index in [-0.39, 0.29) is 0 Å². The van der Waals surface area contributed by atoms with Gasteiger partial charge in [-0.05, 0) is 35.7 Å². The van der Waals surface area contributed by atoms with Crippen LogP contribution < -0.4 is 0 Å². The molecule has 128 valence electrons. The van der Waals surface area contributed by atoms with Crippen LogP contribution in [0.25, 0.3) is 11.1 Å². The lowest BCUT2D eigenvalue weighted by Crippen LogP contribution is -2.14. The van der Waals surface area contributed by atoms with Gasteiger partial charge in [0.1, 0.15) is 4.71 Å². The molecule has 0 aliphatic carbocycles. The van der Waals surface area contributed by atoms with E-state index in [2.05, 4.69) is 12.1 Å². The van der Waals surface area contributed by atoms with Crippen LogP contribution in [0.3, 0.4) is 0 Å². The van der Waals surface area contributed by atoms with Crippen LogP contribution in [0.2, 0.25) is 0 Å². The van der Waals surface area contributed by atoms with E-state index in [9.17, 15) is 4.21 Å². The lowest BCUT2D eigenvalue weighted by atomic mass is 10.0. The third-order valence-electron chi connectivity index (χ3n) is 4.02. The van der Waals surface area contributed by atoms with Crippen LogP contribution in [0.1, 0.15) is 16.5 Å². The Kier molecular flexibility index (Phi) is 5.95. The maximum absolute atomic E-state index is 12.7. The van der Waals surface area contributed by atoms with Crippen molar-refractivity contribution >= 4 is 34.0 Å². The van der Waals surface area contributed by atoms with Gasteiger partial charge in [-0.25, -0.2) is 0 Å². The first kappa shape index (κ1) is 18.2. The highest BCUT2D eigenvalue weighted by Gasteiger charge is 2.25. The van der Waals surface area contributed by atoms with Crippen molar-refractivity contribution in [2.75, 3.05) is 0 Å². The van der Waals surface area contributed by atoms with E-state index in [1.54, 1.807) is 0 Å². The average molecular weight is 389 g/mol. The van der Waals surface area contributed by atoms with Crippen molar-refractivity contribution in [3.05, 3.63) is 90.0 Å². The van der Waals surface area contributed by atoms with Gasteiger partial charge in [0, 0.05) is 4.90 Å². The molecule has 4 heteroatoms. The van der Waals surface area contributed by atoms with Gasteiger partial charge < -0.3 is 0 Å². The van der Waals surface area contributed by atoms with Gasteiger partial charge in [-0.2, -0.15) is 0 Å². The van der Waals surface area contributed by atoms with Gasteiger partial charge in [-0.15, -0.1) is 23.2 Å². The van der Waals surface area contributed by atoms with E-state index in [0.29, 0.717) is 4.90 Å². The molecule has 0 spiro atoms. The maximum atomic E-state index is 12.7. The lowest BCUT2D eigenvalue weighted by Gasteiger charge is -2.17. The topological polar surface area (TPSA) is 17.1 Å². The van der Waals surface area contributed by atoms with Crippen molar-refractivity contribution in [2.45, 2.75) is 21.9 Å². The number of halogens is 2. The van der Waals surface area contributed by atoms with Crippen molar-refractivity contribution < 1.29 is 4.21 Å². The summed E-state index contributed by atoms with van der Waals surface area (Å²) in [6.45, 7) is 1.99. The molecule has 1 nitrogen and oxygen atoms in total. The molecule has 0 N–H and O–H groups in total. The van der Waals surface area contributed by atoms with Gasteiger partial charge in [-0.1, -0.05) is 72.3 Å². The Morgan fingerprint density at radius 3 is 1.92 bits per heavy atom. The number of aryl methyl sites for hydroxylation is 1. The molecule has 0 aliphatic rings. The largest absolute Gasteiger partial charge is 0.253 e. The highest BCUT2D eigenvalue weighted by atomic mass is 35.5. The van der Waals surface area contributed by atoms with Crippen LogP contribution >= 0.6 is 23.2 Å². The first-order chi connectivity index (χ1) is 12.1. The normalized spacial score (nSPS) is 14.7. The van der Waals surface area contributed by atoms with Crippen LogP contribution in [-0.4, -0.2) is 8.92 Å². The first-order valence-electron chi connectivity index (χ1n) is 7.97. The summed E-state index contributed by atoms with van der Waals surface area (Å²) < 4.78 is 12.0. The monoisotopic (exact) mass is 388 g/mol. The summed E-state index contributed by atoms with van der Waals surface area (Å²) in [7, 11) is -1.37. The molecule has 0 bridgehead atoms. The molecular formula is C21H18Cl2OS. The molecule has 0 heterocycles. The molecule has 0 aliphatic heterocycles.